The topological polar surface area (TPSA) is 60.7 Å². The normalized spacial score (nSPS) is 17.0. The third kappa shape index (κ3) is 4.39. The van der Waals surface area contributed by atoms with Gasteiger partial charge >= 0.3 is 5.97 Å². The predicted molar refractivity (Wildman–Crippen MR) is 97.6 cm³/mol. The van der Waals surface area contributed by atoms with Crippen LogP contribution in [0.25, 0.3) is 4.96 Å². The van der Waals surface area contributed by atoms with Crippen molar-refractivity contribution in [2.75, 3.05) is 5.75 Å². The van der Waals surface area contributed by atoms with E-state index in [1.54, 1.807) is 6.20 Å². The zero-order valence-corrected chi connectivity index (χ0v) is 15.4. The molecule has 0 N–H and O–H groups in total. The van der Waals surface area contributed by atoms with Crippen molar-refractivity contribution in [3.05, 3.63) is 33.7 Å². The largest absolute Gasteiger partial charge is 0.462 e. The molecule has 0 aromatic carbocycles. The molecule has 1 fully saturated rings. The maximum absolute atomic E-state index is 12.0. The molecule has 1 aliphatic carbocycles. The number of thioether (sulfide) groups is 1. The minimum atomic E-state index is -0.174. The van der Waals surface area contributed by atoms with Gasteiger partial charge in [0.05, 0.1) is 11.4 Å². The van der Waals surface area contributed by atoms with E-state index in [9.17, 15) is 9.59 Å². The van der Waals surface area contributed by atoms with E-state index in [4.69, 9.17) is 4.74 Å². The van der Waals surface area contributed by atoms with E-state index >= 15 is 0 Å². The van der Waals surface area contributed by atoms with E-state index < -0.39 is 0 Å². The summed E-state index contributed by atoms with van der Waals surface area (Å²) in [6.07, 6.45) is 7.84. The molecule has 0 aliphatic heterocycles. The van der Waals surface area contributed by atoms with Gasteiger partial charge in [0.1, 0.15) is 6.10 Å². The lowest BCUT2D eigenvalue weighted by Crippen LogP contribution is -2.26. The summed E-state index contributed by atoms with van der Waals surface area (Å²) >= 11 is 2.87. The van der Waals surface area contributed by atoms with Gasteiger partial charge in [0.25, 0.3) is 5.56 Å². The number of esters is 1. The first-order valence-corrected chi connectivity index (χ1v) is 10.4. The predicted octanol–water partition coefficient (Wildman–Crippen LogP) is 3.50. The molecule has 7 heteroatoms. The summed E-state index contributed by atoms with van der Waals surface area (Å²) in [5.74, 6) is 1.17. The van der Waals surface area contributed by atoms with Gasteiger partial charge in [0, 0.05) is 23.4 Å². The third-order valence-electron chi connectivity index (χ3n) is 4.46. The first kappa shape index (κ1) is 17.5. The Morgan fingerprint density at radius 1 is 1.46 bits per heavy atom. The molecule has 0 spiro atoms. The molecular formula is C17H22N2O3S2. The molecule has 130 valence electrons. The first-order chi connectivity index (χ1) is 11.6. The Labute approximate surface area is 149 Å². The smallest absolute Gasteiger partial charge is 0.316 e. The zero-order chi connectivity index (χ0) is 16.9. The average Bonchev–Trinajstić information content (AvgIpc) is 3.05. The number of hydrogen-bond donors (Lipinski definition) is 0. The number of nitrogens with zero attached hydrogens (tertiary/aromatic N) is 2. The van der Waals surface area contributed by atoms with E-state index in [-0.39, 0.29) is 17.6 Å². The average molecular weight is 367 g/mol. The highest BCUT2D eigenvalue weighted by Crippen LogP contribution is 2.28. The van der Waals surface area contributed by atoms with Crippen LogP contribution in [-0.4, -0.2) is 27.2 Å². The highest BCUT2D eigenvalue weighted by Gasteiger charge is 2.23. The van der Waals surface area contributed by atoms with Gasteiger partial charge in [0.15, 0.2) is 4.96 Å². The van der Waals surface area contributed by atoms with Gasteiger partial charge in [-0.3, -0.25) is 14.0 Å². The summed E-state index contributed by atoms with van der Waals surface area (Å²) in [6, 6.07) is 1.53. The van der Waals surface area contributed by atoms with E-state index in [0.29, 0.717) is 28.1 Å². The molecule has 2 aromatic rings. The lowest BCUT2D eigenvalue weighted by Gasteiger charge is -2.27. The van der Waals surface area contributed by atoms with Gasteiger partial charge in [-0.25, -0.2) is 4.98 Å². The molecule has 0 bridgehead atoms. The molecule has 1 saturated carbocycles. The van der Waals surface area contributed by atoms with Crippen LogP contribution >= 0.6 is 23.1 Å². The van der Waals surface area contributed by atoms with Crippen molar-refractivity contribution in [3.8, 4) is 0 Å². The summed E-state index contributed by atoms with van der Waals surface area (Å²) < 4.78 is 7.09. The number of thiazole rings is 1. The van der Waals surface area contributed by atoms with E-state index in [0.717, 1.165) is 12.8 Å². The number of rotatable bonds is 6. The van der Waals surface area contributed by atoms with E-state index in [2.05, 4.69) is 4.98 Å². The molecule has 3 rings (SSSR count). The minimum absolute atomic E-state index is 0.00337. The lowest BCUT2D eigenvalue weighted by atomic mass is 9.86. The zero-order valence-electron chi connectivity index (χ0n) is 13.8. The second kappa shape index (κ2) is 8.16. The van der Waals surface area contributed by atoms with Crippen LogP contribution in [-0.2, 0) is 15.3 Å². The molecule has 0 saturated heterocycles. The van der Waals surface area contributed by atoms with Crippen LogP contribution in [0.3, 0.4) is 0 Å². The molecule has 1 atom stereocenters. The van der Waals surface area contributed by atoms with Gasteiger partial charge in [0.2, 0.25) is 0 Å². The van der Waals surface area contributed by atoms with Crippen LogP contribution in [0.1, 0.15) is 44.7 Å². The number of fused-ring (bicyclic) bond motifs is 1. The summed E-state index contributed by atoms with van der Waals surface area (Å²) in [4.78, 5) is 29.0. The molecule has 0 amide bonds. The van der Waals surface area contributed by atoms with Gasteiger partial charge in [-0.1, -0.05) is 19.3 Å². The van der Waals surface area contributed by atoms with Crippen LogP contribution in [0.15, 0.2) is 22.4 Å². The van der Waals surface area contributed by atoms with Crippen molar-refractivity contribution >= 4 is 34.0 Å². The molecule has 5 nitrogen and oxygen atoms in total. The SMILES string of the molecule is CC(OC(=O)CSCc1cc(=O)n2ccsc2n1)C1CCCCC1. The summed E-state index contributed by atoms with van der Waals surface area (Å²) in [6.45, 7) is 2.01. The molecular weight excluding hydrogens is 344 g/mol. The quantitative estimate of drug-likeness (QED) is 0.732. The highest BCUT2D eigenvalue weighted by molar-refractivity contribution is 7.99. The van der Waals surface area contributed by atoms with Crippen LogP contribution in [0.2, 0.25) is 0 Å². The Bertz CT molecular complexity index is 750. The maximum Gasteiger partial charge on any atom is 0.316 e. The third-order valence-corrected chi connectivity index (χ3v) is 6.15. The second-order valence-electron chi connectivity index (χ2n) is 6.23. The minimum Gasteiger partial charge on any atom is -0.462 e. The van der Waals surface area contributed by atoms with Crippen molar-refractivity contribution in [2.45, 2.75) is 50.9 Å². The molecule has 1 aliphatic rings. The van der Waals surface area contributed by atoms with Crippen LogP contribution in [0.5, 0.6) is 0 Å². The number of carbonyl (C=O) groups excluding carboxylic acids is 1. The second-order valence-corrected chi connectivity index (χ2v) is 8.09. The lowest BCUT2D eigenvalue weighted by molar-refractivity contribution is -0.148. The fourth-order valence-corrected chi connectivity index (χ4v) is 4.57. The Morgan fingerprint density at radius 2 is 2.25 bits per heavy atom. The molecule has 24 heavy (non-hydrogen) atoms. The number of ether oxygens (including phenoxy) is 1. The van der Waals surface area contributed by atoms with Crippen molar-refractivity contribution in [2.24, 2.45) is 5.92 Å². The Kier molecular flexibility index (Phi) is 5.94. The van der Waals surface area contributed by atoms with Gasteiger partial charge < -0.3 is 4.74 Å². The first-order valence-electron chi connectivity index (χ1n) is 8.36. The van der Waals surface area contributed by atoms with Crippen molar-refractivity contribution in [1.29, 1.82) is 0 Å². The standard InChI is InChI=1S/C17H22N2O3S2/c1-12(13-5-3-2-4-6-13)22-16(21)11-23-10-14-9-15(20)19-7-8-24-17(19)18-14/h7-9,12-13H,2-6,10-11H2,1H3. The fraction of sp³-hybridized carbons (Fsp3) is 0.588. The van der Waals surface area contributed by atoms with Crippen molar-refractivity contribution in [3.63, 3.8) is 0 Å². The fourth-order valence-electron chi connectivity index (χ4n) is 3.14. The Balaban J connectivity index is 1.46. The highest BCUT2D eigenvalue weighted by atomic mass is 32.2. The van der Waals surface area contributed by atoms with Gasteiger partial charge in [-0.2, -0.15) is 0 Å². The monoisotopic (exact) mass is 366 g/mol. The van der Waals surface area contributed by atoms with Crippen molar-refractivity contribution in [1.82, 2.24) is 9.38 Å². The van der Waals surface area contributed by atoms with Crippen LogP contribution in [0.4, 0.5) is 0 Å². The van der Waals surface area contributed by atoms with E-state index in [1.165, 1.54) is 52.8 Å². The van der Waals surface area contributed by atoms with E-state index in [1.807, 2.05) is 12.3 Å². The summed E-state index contributed by atoms with van der Waals surface area (Å²) in [7, 11) is 0. The number of carbonyl (C=O) groups is 1. The molecule has 0 radical (unpaired) electrons. The Hall–Kier alpha value is -1.34. The maximum atomic E-state index is 12.0. The molecule has 2 aromatic heterocycles. The van der Waals surface area contributed by atoms with Gasteiger partial charge in [-0.15, -0.1) is 23.1 Å². The number of aromatic nitrogens is 2. The van der Waals surface area contributed by atoms with Crippen LogP contribution in [0, 0.1) is 5.92 Å². The Morgan fingerprint density at radius 3 is 3.04 bits per heavy atom. The van der Waals surface area contributed by atoms with Gasteiger partial charge in [-0.05, 0) is 25.7 Å². The summed E-state index contributed by atoms with van der Waals surface area (Å²) in [5.41, 5.74) is 0.630. The molecule has 2 heterocycles. The molecule has 1 unspecified atom stereocenters. The van der Waals surface area contributed by atoms with Crippen molar-refractivity contribution < 1.29 is 9.53 Å². The van der Waals surface area contributed by atoms with Crippen LogP contribution < -0.4 is 5.56 Å². The number of hydrogen-bond acceptors (Lipinski definition) is 6. The summed E-state index contributed by atoms with van der Waals surface area (Å²) in [5, 5.41) is 1.84.